The molecule has 0 spiro atoms. The number of benzene rings is 2. The minimum Gasteiger partial charge on any atom is -0.395 e. The van der Waals surface area contributed by atoms with Crippen molar-refractivity contribution >= 4 is 11.6 Å². The first-order chi connectivity index (χ1) is 11.2. The molecule has 2 aromatic carbocycles. The van der Waals surface area contributed by atoms with Gasteiger partial charge in [-0.1, -0.05) is 37.3 Å². The average Bonchev–Trinajstić information content (AvgIpc) is 2.56. The third-order valence-electron chi connectivity index (χ3n) is 3.58. The van der Waals surface area contributed by atoms with Gasteiger partial charge in [0.15, 0.2) is 0 Å². The third-order valence-corrected chi connectivity index (χ3v) is 3.58. The molecular weight excluding hydrogens is 288 g/mol. The highest BCUT2D eigenvalue weighted by molar-refractivity contribution is 6.04. The van der Waals surface area contributed by atoms with Gasteiger partial charge in [0.2, 0.25) is 0 Å². The Hall–Kier alpha value is -2.17. The maximum atomic E-state index is 12.3. The Morgan fingerprint density at radius 3 is 2.57 bits per heavy atom. The smallest absolute Gasteiger partial charge is 0.255 e. The van der Waals surface area contributed by atoms with Gasteiger partial charge in [-0.25, -0.2) is 0 Å². The zero-order valence-electron chi connectivity index (χ0n) is 13.5. The number of hydrogen-bond acceptors (Lipinski definition) is 3. The zero-order chi connectivity index (χ0) is 16.5. The van der Waals surface area contributed by atoms with Gasteiger partial charge < -0.3 is 10.4 Å². The lowest BCUT2D eigenvalue weighted by molar-refractivity contribution is 0.102. The SMILES string of the molecule is CCCN(CCO)Cc1cccc(C(=O)Nc2ccccc2)c1. The first-order valence-electron chi connectivity index (χ1n) is 8.01. The minimum atomic E-state index is -0.109. The van der Waals surface area contributed by atoms with Crippen molar-refractivity contribution in [3.05, 3.63) is 65.7 Å². The van der Waals surface area contributed by atoms with Gasteiger partial charge >= 0.3 is 0 Å². The third kappa shape index (κ3) is 5.51. The molecule has 4 heteroatoms. The van der Waals surface area contributed by atoms with Gasteiger partial charge in [-0.05, 0) is 42.8 Å². The lowest BCUT2D eigenvalue weighted by Crippen LogP contribution is -2.27. The molecule has 2 N–H and O–H groups in total. The van der Waals surface area contributed by atoms with Gasteiger partial charge in [0.05, 0.1) is 6.61 Å². The summed E-state index contributed by atoms with van der Waals surface area (Å²) in [5, 5.41) is 12.0. The molecule has 2 aromatic rings. The van der Waals surface area contributed by atoms with E-state index in [4.69, 9.17) is 5.11 Å². The van der Waals surface area contributed by atoms with Crippen LogP contribution in [0.4, 0.5) is 5.69 Å². The largest absolute Gasteiger partial charge is 0.395 e. The van der Waals surface area contributed by atoms with Crippen molar-refractivity contribution in [1.82, 2.24) is 4.90 Å². The minimum absolute atomic E-state index is 0.109. The summed E-state index contributed by atoms with van der Waals surface area (Å²) in [6.45, 7) is 4.58. The van der Waals surface area contributed by atoms with Crippen molar-refractivity contribution in [1.29, 1.82) is 0 Å². The fourth-order valence-electron chi connectivity index (χ4n) is 2.52. The number of rotatable bonds is 8. The van der Waals surface area contributed by atoms with Crippen molar-refractivity contribution < 1.29 is 9.90 Å². The molecule has 0 aliphatic heterocycles. The second-order valence-electron chi connectivity index (χ2n) is 5.52. The second-order valence-corrected chi connectivity index (χ2v) is 5.52. The van der Waals surface area contributed by atoms with Crippen LogP contribution in [-0.4, -0.2) is 35.6 Å². The highest BCUT2D eigenvalue weighted by Gasteiger charge is 2.09. The van der Waals surface area contributed by atoms with Gasteiger partial charge in [-0.3, -0.25) is 9.69 Å². The van der Waals surface area contributed by atoms with E-state index in [1.165, 1.54) is 0 Å². The Morgan fingerprint density at radius 1 is 1.09 bits per heavy atom. The molecule has 0 bridgehead atoms. The fourth-order valence-corrected chi connectivity index (χ4v) is 2.52. The van der Waals surface area contributed by atoms with Crippen LogP contribution in [0, 0.1) is 0 Å². The number of nitrogens with zero attached hydrogens (tertiary/aromatic N) is 1. The number of aliphatic hydroxyl groups is 1. The molecule has 0 aliphatic rings. The van der Waals surface area contributed by atoms with Crippen LogP contribution in [0.3, 0.4) is 0 Å². The number of amides is 1. The summed E-state index contributed by atoms with van der Waals surface area (Å²) in [6, 6.07) is 17.1. The number of para-hydroxylation sites is 1. The van der Waals surface area contributed by atoms with Crippen LogP contribution in [0.1, 0.15) is 29.3 Å². The molecule has 0 aromatic heterocycles. The number of aliphatic hydroxyl groups excluding tert-OH is 1. The summed E-state index contributed by atoms with van der Waals surface area (Å²) >= 11 is 0. The number of carbonyl (C=O) groups excluding carboxylic acids is 1. The number of anilines is 1. The fraction of sp³-hybridized carbons (Fsp3) is 0.316. The second kappa shape index (κ2) is 9.08. The average molecular weight is 312 g/mol. The maximum absolute atomic E-state index is 12.3. The first kappa shape index (κ1) is 17.2. The Labute approximate surface area is 137 Å². The van der Waals surface area contributed by atoms with Crippen LogP contribution in [0.25, 0.3) is 0 Å². The predicted octanol–water partition coefficient (Wildman–Crippen LogP) is 3.14. The van der Waals surface area contributed by atoms with Crippen LogP contribution in [0.15, 0.2) is 54.6 Å². The van der Waals surface area contributed by atoms with Crippen LogP contribution < -0.4 is 5.32 Å². The molecule has 1 amide bonds. The van der Waals surface area contributed by atoms with Gasteiger partial charge in [0, 0.05) is 24.3 Å². The van der Waals surface area contributed by atoms with Gasteiger partial charge in [0.25, 0.3) is 5.91 Å². The van der Waals surface area contributed by atoms with E-state index in [1.807, 2.05) is 54.6 Å². The zero-order valence-corrected chi connectivity index (χ0v) is 13.5. The normalized spacial score (nSPS) is 10.7. The summed E-state index contributed by atoms with van der Waals surface area (Å²) in [5.41, 5.74) is 2.51. The molecule has 2 rings (SSSR count). The quantitative estimate of drug-likeness (QED) is 0.787. The highest BCUT2D eigenvalue weighted by atomic mass is 16.3. The summed E-state index contributed by atoms with van der Waals surface area (Å²) in [7, 11) is 0. The van der Waals surface area contributed by atoms with Crippen LogP contribution in [0.2, 0.25) is 0 Å². The van der Waals surface area contributed by atoms with E-state index in [0.717, 1.165) is 30.8 Å². The highest BCUT2D eigenvalue weighted by Crippen LogP contribution is 2.12. The van der Waals surface area contributed by atoms with Crippen molar-refractivity contribution in [2.75, 3.05) is 25.0 Å². The summed E-state index contributed by atoms with van der Waals surface area (Å²) in [5.74, 6) is -0.109. The van der Waals surface area contributed by atoms with E-state index in [-0.39, 0.29) is 12.5 Å². The molecule has 0 atom stereocenters. The van der Waals surface area contributed by atoms with Crippen molar-refractivity contribution in [3.63, 3.8) is 0 Å². The van der Waals surface area contributed by atoms with Crippen molar-refractivity contribution in [3.8, 4) is 0 Å². The molecule has 4 nitrogen and oxygen atoms in total. The van der Waals surface area contributed by atoms with E-state index in [0.29, 0.717) is 12.1 Å². The van der Waals surface area contributed by atoms with E-state index in [2.05, 4.69) is 17.1 Å². The Bertz CT molecular complexity index is 608. The van der Waals surface area contributed by atoms with E-state index < -0.39 is 0 Å². The summed E-state index contributed by atoms with van der Waals surface area (Å²) in [4.78, 5) is 14.5. The molecule has 0 saturated carbocycles. The topological polar surface area (TPSA) is 52.6 Å². The van der Waals surface area contributed by atoms with Crippen molar-refractivity contribution in [2.45, 2.75) is 19.9 Å². The lowest BCUT2D eigenvalue weighted by Gasteiger charge is -2.20. The molecule has 122 valence electrons. The molecule has 0 heterocycles. The van der Waals surface area contributed by atoms with E-state index in [1.54, 1.807) is 0 Å². The van der Waals surface area contributed by atoms with Gasteiger partial charge in [0.1, 0.15) is 0 Å². The van der Waals surface area contributed by atoms with Crippen molar-refractivity contribution in [2.24, 2.45) is 0 Å². The molecule has 0 fully saturated rings. The number of nitrogens with one attached hydrogen (secondary N) is 1. The Balaban J connectivity index is 2.05. The standard InChI is InChI=1S/C19H24N2O2/c1-2-11-21(12-13-22)15-16-7-6-8-17(14-16)19(23)20-18-9-4-3-5-10-18/h3-10,14,22H,2,11-13,15H2,1H3,(H,20,23). The Morgan fingerprint density at radius 2 is 1.87 bits per heavy atom. The van der Waals surface area contributed by atoms with Crippen LogP contribution in [-0.2, 0) is 6.54 Å². The van der Waals surface area contributed by atoms with Gasteiger partial charge in [-0.2, -0.15) is 0 Å². The lowest BCUT2D eigenvalue weighted by atomic mass is 10.1. The van der Waals surface area contributed by atoms with Gasteiger partial charge in [-0.15, -0.1) is 0 Å². The van der Waals surface area contributed by atoms with E-state index >= 15 is 0 Å². The molecule has 0 saturated heterocycles. The van der Waals surface area contributed by atoms with Crippen LogP contribution in [0.5, 0.6) is 0 Å². The number of carbonyl (C=O) groups is 1. The predicted molar refractivity (Wildman–Crippen MR) is 93.5 cm³/mol. The molecule has 23 heavy (non-hydrogen) atoms. The Kier molecular flexibility index (Phi) is 6.78. The maximum Gasteiger partial charge on any atom is 0.255 e. The molecular formula is C19H24N2O2. The summed E-state index contributed by atoms with van der Waals surface area (Å²) < 4.78 is 0. The monoisotopic (exact) mass is 312 g/mol. The first-order valence-corrected chi connectivity index (χ1v) is 8.01. The molecule has 0 unspecified atom stereocenters. The molecule has 0 aliphatic carbocycles. The van der Waals surface area contributed by atoms with Crippen LogP contribution >= 0.6 is 0 Å². The number of hydrogen-bond donors (Lipinski definition) is 2. The molecule has 0 radical (unpaired) electrons. The van der Waals surface area contributed by atoms with E-state index in [9.17, 15) is 4.79 Å². The summed E-state index contributed by atoms with van der Waals surface area (Å²) in [6.07, 6.45) is 1.04.